The average molecular weight is 406 g/mol. The number of likely N-dealkylation sites (N-methyl/N-ethyl adjacent to an activating group) is 1. The van der Waals surface area contributed by atoms with Crippen LogP contribution in [0.15, 0.2) is 16.8 Å². The predicted octanol–water partition coefficient (Wildman–Crippen LogP) is 5.34. The Bertz CT molecular complexity index is 749. The lowest BCUT2D eigenvalue weighted by Crippen LogP contribution is -2.30. The Hall–Kier alpha value is -1.17. The van der Waals surface area contributed by atoms with Crippen LogP contribution >= 0.6 is 22.7 Å². The summed E-state index contributed by atoms with van der Waals surface area (Å²) in [7, 11) is 2.14. The highest BCUT2D eigenvalue weighted by atomic mass is 32.1. The average Bonchev–Trinajstić information content (AvgIpc) is 3.21. The zero-order valence-electron chi connectivity index (χ0n) is 16.8. The van der Waals surface area contributed by atoms with Gasteiger partial charge in [0.05, 0.1) is 0 Å². The predicted molar refractivity (Wildman–Crippen MR) is 115 cm³/mol. The van der Waals surface area contributed by atoms with Crippen molar-refractivity contribution in [3.8, 4) is 0 Å². The third-order valence-electron chi connectivity index (χ3n) is 5.32. The molecule has 27 heavy (non-hydrogen) atoms. The molecule has 148 valence electrons. The molecule has 2 aromatic rings. The number of carbonyl (C=O) groups is 1. The van der Waals surface area contributed by atoms with E-state index in [1.807, 2.05) is 11.3 Å². The van der Waals surface area contributed by atoms with E-state index in [9.17, 15) is 4.79 Å². The lowest BCUT2D eigenvalue weighted by atomic mass is 9.85. The molecule has 0 saturated heterocycles. The maximum Gasteiger partial charge on any atom is 0.305 e. The minimum Gasteiger partial charge on any atom is -0.464 e. The van der Waals surface area contributed by atoms with Crippen molar-refractivity contribution in [2.24, 2.45) is 0 Å². The number of fused-ring (bicyclic) bond motifs is 1. The summed E-state index contributed by atoms with van der Waals surface area (Å²) in [5.74, 6) is 0.570. The van der Waals surface area contributed by atoms with Gasteiger partial charge in [-0.1, -0.05) is 0 Å². The maximum atomic E-state index is 11.9. The third-order valence-corrected chi connectivity index (χ3v) is 7.62. The molecule has 0 aliphatic heterocycles. The first kappa shape index (κ1) is 20.6. The van der Waals surface area contributed by atoms with Gasteiger partial charge < -0.3 is 9.64 Å². The van der Waals surface area contributed by atoms with Gasteiger partial charge in [0.25, 0.3) is 0 Å². The fraction of sp³-hybridized carbons (Fsp3) is 0.591. The molecule has 0 bridgehead atoms. The highest BCUT2D eigenvalue weighted by molar-refractivity contribution is 7.10. The Kier molecular flexibility index (Phi) is 7.50. The van der Waals surface area contributed by atoms with Crippen molar-refractivity contribution < 1.29 is 9.53 Å². The van der Waals surface area contributed by atoms with Crippen LogP contribution in [0.3, 0.4) is 0 Å². The first-order valence-electron chi connectivity index (χ1n) is 9.98. The second kappa shape index (κ2) is 9.85. The van der Waals surface area contributed by atoms with Crippen molar-refractivity contribution in [3.63, 3.8) is 0 Å². The molecule has 0 saturated carbocycles. The van der Waals surface area contributed by atoms with Crippen LogP contribution in [0.1, 0.15) is 58.0 Å². The Morgan fingerprint density at radius 2 is 2.15 bits per heavy atom. The van der Waals surface area contributed by atoms with E-state index in [4.69, 9.17) is 4.74 Å². The van der Waals surface area contributed by atoms with Gasteiger partial charge in [0.15, 0.2) is 0 Å². The molecular weight excluding hydrogens is 374 g/mol. The van der Waals surface area contributed by atoms with E-state index in [-0.39, 0.29) is 5.97 Å². The first-order valence-corrected chi connectivity index (χ1v) is 11.7. The van der Waals surface area contributed by atoms with Crippen molar-refractivity contribution in [3.05, 3.63) is 43.3 Å². The minimum absolute atomic E-state index is 0.0645. The summed E-state index contributed by atoms with van der Waals surface area (Å²) in [4.78, 5) is 17.2. The second-order valence-electron chi connectivity index (χ2n) is 7.77. The van der Waals surface area contributed by atoms with E-state index in [1.165, 1.54) is 35.3 Å². The van der Waals surface area contributed by atoms with Crippen LogP contribution in [-0.2, 0) is 22.4 Å². The van der Waals surface area contributed by atoms with Gasteiger partial charge in [-0.05, 0) is 92.4 Å². The smallest absolute Gasteiger partial charge is 0.305 e. The number of hydrogen-bond acceptors (Lipinski definition) is 5. The fourth-order valence-electron chi connectivity index (χ4n) is 3.97. The Balaban J connectivity index is 1.33. The summed E-state index contributed by atoms with van der Waals surface area (Å²) >= 11 is 3.70. The van der Waals surface area contributed by atoms with Crippen LogP contribution < -0.4 is 0 Å². The first-order chi connectivity index (χ1) is 13.0. The Morgan fingerprint density at radius 1 is 1.30 bits per heavy atom. The highest BCUT2D eigenvalue weighted by Crippen LogP contribution is 2.38. The highest BCUT2D eigenvalue weighted by Gasteiger charge is 2.24. The largest absolute Gasteiger partial charge is 0.464 e. The number of carbonyl (C=O) groups excluding carboxylic acids is 1. The van der Waals surface area contributed by atoms with Gasteiger partial charge >= 0.3 is 5.97 Å². The van der Waals surface area contributed by atoms with Crippen LogP contribution in [-0.4, -0.2) is 37.6 Å². The van der Waals surface area contributed by atoms with Crippen molar-refractivity contribution in [1.29, 1.82) is 0 Å². The number of hydrogen-bond donors (Lipinski definition) is 0. The van der Waals surface area contributed by atoms with E-state index in [0.29, 0.717) is 18.9 Å². The Labute approximate surface area is 171 Å². The molecule has 0 N–H and O–H groups in total. The number of ether oxygens (including phenoxy) is 1. The van der Waals surface area contributed by atoms with E-state index >= 15 is 0 Å². The molecule has 0 fully saturated rings. The normalized spacial score (nSPS) is 16.5. The monoisotopic (exact) mass is 405 g/mol. The van der Waals surface area contributed by atoms with E-state index in [0.717, 1.165) is 25.9 Å². The standard InChI is InChI=1S/C22H31NO2S2/c1-16-12-19(26-14-16)7-5-9-21(24)25-11-10-23(3)13-18-6-4-8-20-22(18)17(2)15-27-20/h12,14-15,18H,4-11,13H2,1-3H3. The Morgan fingerprint density at radius 3 is 2.93 bits per heavy atom. The second-order valence-corrected chi connectivity index (χ2v) is 9.73. The summed E-state index contributed by atoms with van der Waals surface area (Å²) in [6.45, 7) is 6.71. The van der Waals surface area contributed by atoms with Gasteiger partial charge in [-0.25, -0.2) is 0 Å². The molecule has 1 aliphatic carbocycles. The summed E-state index contributed by atoms with van der Waals surface area (Å²) in [6.07, 6.45) is 6.17. The van der Waals surface area contributed by atoms with E-state index in [2.05, 4.69) is 42.6 Å². The van der Waals surface area contributed by atoms with Crippen LogP contribution in [0, 0.1) is 13.8 Å². The van der Waals surface area contributed by atoms with Crippen LogP contribution in [0.25, 0.3) is 0 Å². The summed E-state index contributed by atoms with van der Waals surface area (Å²) in [5, 5.41) is 4.47. The van der Waals surface area contributed by atoms with Crippen LogP contribution in [0.4, 0.5) is 0 Å². The number of thiophene rings is 2. The number of aryl methyl sites for hydroxylation is 4. The lowest BCUT2D eigenvalue weighted by Gasteiger charge is -2.28. The molecule has 1 atom stereocenters. The summed E-state index contributed by atoms with van der Waals surface area (Å²) in [6, 6.07) is 2.21. The molecule has 0 amide bonds. The molecule has 2 aromatic heterocycles. The van der Waals surface area contributed by atoms with Crippen LogP contribution in [0.5, 0.6) is 0 Å². The van der Waals surface area contributed by atoms with Gasteiger partial charge in [-0.15, -0.1) is 22.7 Å². The molecule has 1 aliphatic rings. The molecule has 3 nitrogen and oxygen atoms in total. The molecule has 5 heteroatoms. The van der Waals surface area contributed by atoms with Crippen molar-refractivity contribution in [1.82, 2.24) is 4.90 Å². The maximum absolute atomic E-state index is 11.9. The van der Waals surface area contributed by atoms with Gasteiger partial charge in [-0.2, -0.15) is 0 Å². The van der Waals surface area contributed by atoms with Crippen molar-refractivity contribution >= 4 is 28.6 Å². The molecule has 0 radical (unpaired) electrons. The minimum atomic E-state index is -0.0645. The fourth-order valence-corrected chi connectivity index (χ4v) is 6.05. The SMILES string of the molecule is Cc1csc(CCCC(=O)OCCN(C)CC2CCCc3scc(C)c32)c1. The summed E-state index contributed by atoms with van der Waals surface area (Å²) < 4.78 is 5.45. The van der Waals surface area contributed by atoms with Gasteiger partial charge in [0.2, 0.25) is 0 Å². The molecular formula is C22H31NO2S2. The number of nitrogens with zero attached hydrogens (tertiary/aromatic N) is 1. The van der Waals surface area contributed by atoms with Crippen molar-refractivity contribution in [2.45, 2.75) is 58.3 Å². The quantitative estimate of drug-likeness (QED) is 0.527. The van der Waals surface area contributed by atoms with Gasteiger partial charge in [0.1, 0.15) is 6.61 Å². The molecule has 3 rings (SSSR count). The molecule has 1 unspecified atom stereocenters. The van der Waals surface area contributed by atoms with Crippen LogP contribution in [0.2, 0.25) is 0 Å². The molecule has 2 heterocycles. The van der Waals surface area contributed by atoms with Gasteiger partial charge in [0, 0.05) is 29.3 Å². The van der Waals surface area contributed by atoms with E-state index < -0.39 is 0 Å². The van der Waals surface area contributed by atoms with Crippen molar-refractivity contribution in [2.75, 3.05) is 26.7 Å². The van der Waals surface area contributed by atoms with Gasteiger partial charge in [-0.3, -0.25) is 4.79 Å². The third kappa shape index (κ3) is 5.90. The lowest BCUT2D eigenvalue weighted by molar-refractivity contribution is -0.144. The summed E-state index contributed by atoms with van der Waals surface area (Å²) in [5.41, 5.74) is 4.36. The topological polar surface area (TPSA) is 29.5 Å². The van der Waals surface area contributed by atoms with E-state index in [1.54, 1.807) is 21.8 Å². The zero-order valence-corrected chi connectivity index (χ0v) is 18.4. The zero-order chi connectivity index (χ0) is 19.2. The molecule has 0 aromatic carbocycles. The molecule has 0 spiro atoms. The number of rotatable bonds is 9. The number of esters is 1.